The molecule has 7 heteroatoms. The van der Waals surface area contributed by atoms with Gasteiger partial charge >= 0.3 is 0 Å². The van der Waals surface area contributed by atoms with Gasteiger partial charge in [0.05, 0.1) is 24.6 Å². The number of nitrogens with zero attached hydrogens (tertiary/aromatic N) is 5. The van der Waals surface area contributed by atoms with Crippen LogP contribution in [0, 0.1) is 6.92 Å². The molecule has 3 aromatic rings. The molecular formula is C29H37N5O2. The molecule has 0 bridgehead atoms. The second-order valence-corrected chi connectivity index (χ2v) is 10.5. The highest BCUT2D eigenvalue weighted by atomic mass is 16.5. The topological polar surface area (TPSA) is 46.0 Å². The zero-order valence-corrected chi connectivity index (χ0v) is 21.7. The Hall–Kier alpha value is -2.87. The molecule has 0 saturated carbocycles. The molecular weight excluding hydrogens is 450 g/mol. The van der Waals surface area contributed by atoms with Crippen LogP contribution in [0.5, 0.6) is 5.75 Å². The van der Waals surface area contributed by atoms with Crippen LogP contribution in [0.25, 0.3) is 16.8 Å². The SMILES string of the molecule is Cc1cc(N2CCN(C(C)C)CC2)ccc1-c1ccc2c(c1)OCc1nc(CN3CCOCC3)cn1-2. The highest BCUT2D eigenvalue weighted by molar-refractivity contribution is 5.73. The minimum Gasteiger partial charge on any atom is -0.483 e. The predicted octanol–water partition coefficient (Wildman–Crippen LogP) is 4.10. The van der Waals surface area contributed by atoms with E-state index >= 15 is 0 Å². The summed E-state index contributed by atoms with van der Waals surface area (Å²) in [6.07, 6.45) is 2.17. The quantitative estimate of drug-likeness (QED) is 0.540. The van der Waals surface area contributed by atoms with Crippen LogP contribution in [-0.2, 0) is 17.9 Å². The van der Waals surface area contributed by atoms with Gasteiger partial charge in [0.15, 0.2) is 5.82 Å². The number of anilines is 1. The molecule has 6 rings (SSSR count). The van der Waals surface area contributed by atoms with Crippen LogP contribution in [-0.4, -0.2) is 77.9 Å². The maximum Gasteiger partial charge on any atom is 0.151 e. The minimum atomic E-state index is 0.500. The number of rotatable bonds is 5. The highest BCUT2D eigenvalue weighted by Gasteiger charge is 2.23. The van der Waals surface area contributed by atoms with Crippen LogP contribution in [0.1, 0.15) is 30.9 Å². The van der Waals surface area contributed by atoms with Gasteiger partial charge in [-0.05, 0) is 61.7 Å². The first-order valence-corrected chi connectivity index (χ1v) is 13.3. The van der Waals surface area contributed by atoms with Crippen LogP contribution in [0.4, 0.5) is 5.69 Å². The van der Waals surface area contributed by atoms with Crippen LogP contribution >= 0.6 is 0 Å². The van der Waals surface area contributed by atoms with Gasteiger partial charge in [0, 0.05) is 63.7 Å². The Balaban J connectivity index is 1.20. The molecule has 36 heavy (non-hydrogen) atoms. The molecule has 0 unspecified atom stereocenters. The smallest absolute Gasteiger partial charge is 0.151 e. The van der Waals surface area contributed by atoms with Crippen molar-refractivity contribution in [1.82, 2.24) is 19.4 Å². The van der Waals surface area contributed by atoms with Crippen molar-refractivity contribution < 1.29 is 9.47 Å². The average Bonchev–Trinajstić information content (AvgIpc) is 3.32. The summed E-state index contributed by atoms with van der Waals surface area (Å²) < 4.78 is 13.9. The Bertz CT molecular complexity index is 1220. The lowest BCUT2D eigenvalue weighted by Gasteiger charge is -2.38. The third-order valence-electron chi connectivity index (χ3n) is 7.82. The Morgan fingerprint density at radius 1 is 0.944 bits per heavy atom. The third-order valence-corrected chi connectivity index (χ3v) is 7.82. The van der Waals surface area contributed by atoms with Crippen molar-refractivity contribution >= 4 is 5.69 Å². The Morgan fingerprint density at radius 3 is 2.50 bits per heavy atom. The largest absolute Gasteiger partial charge is 0.483 e. The van der Waals surface area contributed by atoms with E-state index in [9.17, 15) is 0 Å². The highest BCUT2D eigenvalue weighted by Crippen LogP contribution is 2.36. The minimum absolute atomic E-state index is 0.500. The summed E-state index contributed by atoms with van der Waals surface area (Å²) in [7, 11) is 0. The third kappa shape index (κ3) is 4.63. The van der Waals surface area contributed by atoms with E-state index in [4.69, 9.17) is 14.5 Å². The molecule has 190 valence electrons. The second-order valence-electron chi connectivity index (χ2n) is 10.5. The Morgan fingerprint density at radius 2 is 1.75 bits per heavy atom. The van der Waals surface area contributed by atoms with Gasteiger partial charge in [-0.15, -0.1) is 0 Å². The molecule has 0 amide bonds. The monoisotopic (exact) mass is 487 g/mol. The van der Waals surface area contributed by atoms with Crippen molar-refractivity contribution in [3.63, 3.8) is 0 Å². The van der Waals surface area contributed by atoms with Crippen molar-refractivity contribution in [1.29, 1.82) is 0 Å². The molecule has 0 spiro atoms. The van der Waals surface area contributed by atoms with Gasteiger partial charge in [0.25, 0.3) is 0 Å². The summed E-state index contributed by atoms with van der Waals surface area (Å²) in [5.41, 5.74) is 7.23. The number of piperazine rings is 1. The number of aromatic nitrogens is 2. The van der Waals surface area contributed by atoms with Gasteiger partial charge in [0.2, 0.25) is 0 Å². The molecule has 0 aliphatic carbocycles. The molecule has 0 atom stereocenters. The van der Waals surface area contributed by atoms with Crippen LogP contribution in [0.3, 0.4) is 0 Å². The van der Waals surface area contributed by atoms with E-state index in [-0.39, 0.29) is 0 Å². The lowest BCUT2D eigenvalue weighted by Crippen LogP contribution is -2.48. The maximum absolute atomic E-state index is 6.17. The molecule has 0 N–H and O–H groups in total. The average molecular weight is 488 g/mol. The molecule has 2 saturated heterocycles. The predicted molar refractivity (Wildman–Crippen MR) is 143 cm³/mol. The van der Waals surface area contributed by atoms with Crippen LogP contribution in [0.15, 0.2) is 42.6 Å². The molecule has 0 radical (unpaired) electrons. The summed E-state index contributed by atoms with van der Waals surface area (Å²) in [4.78, 5) is 12.3. The molecule has 1 aromatic heterocycles. The molecule has 4 heterocycles. The lowest BCUT2D eigenvalue weighted by molar-refractivity contribution is 0.0337. The van der Waals surface area contributed by atoms with Crippen LogP contribution < -0.4 is 9.64 Å². The number of morpholine rings is 1. The van der Waals surface area contributed by atoms with Crippen molar-refractivity contribution in [3.05, 3.63) is 59.7 Å². The maximum atomic E-state index is 6.17. The Kier molecular flexibility index (Phi) is 6.46. The number of fused-ring (bicyclic) bond motifs is 3. The summed E-state index contributed by atoms with van der Waals surface area (Å²) in [5.74, 6) is 1.89. The van der Waals surface area contributed by atoms with Crippen molar-refractivity contribution in [2.45, 2.75) is 40.0 Å². The first-order chi connectivity index (χ1) is 17.5. The normalized spacial score (nSPS) is 18.7. The molecule has 2 aromatic carbocycles. The summed E-state index contributed by atoms with van der Waals surface area (Å²) in [5, 5.41) is 0. The van der Waals surface area contributed by atoms with E-state index in [0.717, 1.165) is 82.0 Å². The molecule has 3 aliphatic heterocycles. The number of hydrogen-bond acceptors (Lipinski definition) is 6. The fourth-order valence-corrected chi connectivity index (χ4v) is 5.65. The van der Waals surface area contributed by atoms with E-state index < -0.39 is 0 Å². The van der Waals surface area contributed by atoms with Crippen molar-refractivity contribution in [2.75, 3.05) is 57.4 Å². The first kappa shape index (κ1) is 23.5. The zero-order valence-electron chi connectivity index (χ0n) is 21.7. The van der Waals surface area contributed by atoms with Gasteiger partial charge in [-0.2, -0.15) is 0 Å². The van der Waals surface area contributed by atoms with Gasteiger partial charge in [0.1, 0.15) is 12.4 Å². The number of aryl methyl sites for hydroxylation is 1. The summed E-state index contributed by atoms with van der Waals surface area (Å²) in [6, 6.07) is 14.1. The number of imidazole rings is 1. The molecule has 7 nitrogen and oxygen atoms in total. The van der Waals surface area contributed by atoms with Crippen LogP contribution in [0.2, 0.25) is 0 Å². The van der Waals surface area contributed by atoms with Gasteiger partial charge in [-0.3, -0.25) is 14.4 Å². The van der Waals surface area contributed by atoms with Gasteiger partial charge in [-0.25, -0.2) is 4.98 Å². The first-order valence-electron chi connectivity index (χ1n) is 13.3. The molecule has 2 fully saturated rings. The Labute approximate surface area is 214 Å². The number of ether oxygens (including phenoxy) is 2. The van der Waals surface area contributed by atoms with E-state index in [0.29, 0.717) is 12.6 Å². The molecule has 3 aliphatic rings. The van der Waals surface area contributed by atoms with E-state index in [1.807, 2.05) is 0 Å². The van der Waals surface area contributed by atoms with Crippen molar-refractivity contribution in [3.8, 4) is 22.6 Å². The lowest BCUT2D eigenvalue weighted by atomic mass is 9.98. The zero-order chi connectivity index (χ0) is 24.6. The van der Waals surface area contributed by atoms with E-state index in [2.05, 4.69) is 82.6 Å². The fraction of sp³-hybridized carbons (Fsp3) is 0.483. The summed E-state index contributed by atoms with van der Waals surface area (Å²) >= 11 is 0. The standard InChI is InChI=1S/C29H37N5O2/c1-21(2)32-8-10-33(11-9-32)25-5-6-26(22(3)16-25)23-4-7-27-28(17-23)36-20-29-30-24(19-34(27)29)18-31-12-14-35-15-13-31/h4-7,16-17,19,21H,8-15,18,20H2,1-3H3. The number of hydrogen-bond donors (Lipinski definition) is 0. The van der Waals surface area contributed by atoms with E-state index in [1.54, 1.807) is 0 Å². The van der Waals surface area contributed by atoms with E-state index in [1.165, 1.54) is 22.4 Å². The second kappa shape index (κ2) is 9.88. The number of benzene rings is 2. The van der Waals surface area contributed by atoms with Gasteiger partial charge in [-0.1, -0.05) is 12.1 Å². The van der Waals surface area contributed by atoms with Crippen molar-refractivity contribution in [2.24, 2.45) is 0 Å². The fourth-order valence-electron chi connectivity index (χ4n) is 5.65. The van der Waals surface area contributed by atoms with Gasteiger partial charge < -0.3 is 14.4 Å². The summed E-state index contributed by atoms with van der Waals surface area (Å²) in [6.45, 7) is 16.1.